The molecule has 18 heavy (non-hydrogen) atoms. The molecule has 0 radical (unpaired) electrons. The first-order chi connectivity index (χ1) is 8.58. The number of carboxylic acids is 1. The predicted molar refractivity (Wildman–Crippen MR) is 71.6 cm³/mol. The first-order valence-corrected chi connectivity index (χ1v) is 6.51. The fourth-order valence-electron chi connectivity index (χ4n) is 2.13. The average Bonchev–Trinajstić information content (AvgIpc) is 2.38. The largest absolute Gasteiger partial charge is 0.477 e. The Morgan fingerprint density at radius 3 is 2.61 bits per heavy atom. The van der Waals surface area contributed by atoms with E-state index in [1.807, 2.05) is 6.07 Å². The quantitative estimate of drug-likeness (QED) is 0.781. The molecule has 0 aliphatic carbocycles. The minimum Gasteiger partial charge on any atom is -0.477 e. The minimum atomic E-state index is -0.982. The molecule has 0 aliphatic rings. The lowest BCUT2D eigenvalue weighted by Crippen LogP contribution is -2.32. The molecule has 0 amide bonds. The monoisotopic (exact) mass is 250 g/mol. The van der Waals surface area contributed by atoms with Crippen molar-refractivity contribution in [3.63, 3.8) is 0 Å². The lowest BCUT2D eigenvalue weighted by atomic mass is 9.95. The molecule has 0 saturated carbocycles. The number of rotatable bonds is 7. The van der Waals surface area contributed by atoms with Gasteiger partial charge in [-0.2, -0.15) is 0 Å². The number of hydrogen-bond donors (Lipinski definition) is 2. The van der Waals surface area contributed by atoms with Gasteiger partial charge < -0.3 is 10.4 Å². The summed E-state index contributed by atoms with van der Waals surface area (Å²) >= 11 is 0. The van der Waals surface area contributed by atoms with E-state index in [9.17, 15) is 4.79 Å². The third-order valence-electron chi connectivity index (χ3n) is 3.39. The Morgan fingerprint density at radius 2 is 2.06 bits per heavy atom. The number of carbonyl (C=O) groups is 1. The van der Waals surface area contributed by atoms with Crippen LogP contribution in [0.3, 0.4) is 0 Å². The van der Waals surface area contributed by atoms with Crippen molar-refractivity contribution in [2.24, 2.45) is 5.92 Å². The summed E-state index contributed by atoms with van der Waals surface area (Å²) in [6.07, 6.45) is 2.29. The van der Waals surface area contributed by atoms with Crippen LogP contribution in [0.1, 0.15) is 49.8 Å². The molecule has 1 atom stereocenters. The number of nitrogens with zero attached hydrogens (tertiary/aromatic N) is 1. The van der Waals surface area contributed by atoms with Crippen molar-refractivity contribution in [1.82, 2.24) is 10.3 Å². The molecule has 4 heteroatoms. The molecule has 0 fully saturated rings. The zero-order valence-corrected chi connectivity index (χ0v) is 11.3. The van der Waals surface area contributed by atoms with E-state index in [1.165, 1.54) is 6.07 Å². The Kier molecular flexibility index (Phi) is 5.78. The van der Waals surface area contributed by atoms with E-state index in [0.29, 0.717) is 18.5 Å². The van der Waals surface area contributed by atoms with Crippen LogP contribution in [0, 0.1) is 5.92 Å². The van der Waals surface area contributed by atoms with Crippen molar-refractivity contribution >= 4 is 5.97 Å². The Morgan fingerprint density at radius 1 is 1.39 bits per heavy atom. The molecule has 1 aromatic heterocycles. The van der Waals surface area contributed by atoms with Gasteiger partial charge in [0.05, 0.1) is 5.69 Å². The maximum absolute atomic E-state index is 10.8. The van der Waals surface area contributed by atoms with Gasteiger partial charge in [-0.1, -0.05) is 32.8 Å². The summed E-state index contributed by atoms with van der Waals surface area (Å²) < 4.78 is 0. The molecule has 0 bridgehead atoms. The summed E-state index contributed by atoms with van der Waals surface area (Å²) in [6, 6.07) is 5.50. The summed E-state index contributed by atoms with van der Waals surface area (Å²) in [4.78, 5) is 14.9. The Labute approximate surface area is 108 Å². The molecule has 0 saturated heterocycles. The predicted octanol–water partition coefficient (Wildman–Crippen LogP) is 2.69. The smallest absolute Gasteiger partial charge is 0.354 e. The lowest BCUT2D eigenvalue weighted by molar-refractivity contribution is 0.0690. The first-order valence-electron chi connectivity index (χ1n) is 6.51. The van der Waals surface area contributed by atoms with E-state index in [0.717, 1.165) is 18.5 Å². The molecule has 1 unspecified atom stereocenters. The molecule has 0 aromatic carbocycles. The van der Waals surface area contributed by atoms with Crippen molar-refractivity contribution in [3.05, 3.63) is 29.6 Å². The van der Waals surface area contributed by atoms with Gasteiger partial charge in [-0.3, -0.25) is 0 Å². The summed E-state index contributed by atoms with van der Waals surface area (Å²) in [5.74, 6) is -0.336. The number of aromatic carboxylic acids is 1. The summed E-state index contributed by atoms with van der Waals surface area (Å²) in [6.45, 7) is 7.16. The molecule has 1 heterocycles. The molecular formula is C14H22N2O2. The Balaban J connectivity index is 2.58. The number of carboxylic acid groups (broad SMARTS) is 1. The van der Waals surface area contributed by atoms with Gasteiger partial charge in [0.25, 0.3) is 0 Å². The fourth-order valence-corrected chi connectivity index (χ4v) is 2.13. The second kappa shape index (κ2) is 7.11. The van der Waals surface area contributed by atoms with Gasteiger partial charge in [0, 0.05) is 12.6 Å². The van der Waals surface area contributed by atoms with E-state index in [1.54, 1.807) is 6.07 Å². The van der Waals surface area contributed by atoms with Crippen LogP contribution in [-0.2, 0) is 6.54 Å². The molecule has 0 aliphatic heterocycles. The third kappa shape index (κ3) is 4.11. The Hall–Kier alpha value is -1.42. The molecule has 1 rings (SSSR count). The molecule has 0 spiro atoms. The summed E-state index contributed by atoms with van der Waals surface area (Å²) in [5, 5.41) is 12.3. The molecule has 4 nitrogen and oxygen atoms in total. The second-order valence-corrected chi connectivity index (χ2v) is 4.57. The third-order valence-corrected chi connectivity index (χ3v) is 3.39. The number of nitrogens with one attached hydrogen (secondary N) is 1. The van der Waals surface area contributed by atoms with Gasteiger partial charge in [-0.25, -0.2) is 9.78 Å². The van der Waals surface area contributed by atoms with Gasteiger partial charge in [0.1, 0.15) is 5.69 Å². The Bertz CT molecular complexity index is 389. The maximum Gasteiger partial charge on any atom is 0.354 e. The van der Waals surface area contributed by atoms with Crippen molar-refractivity contribution in [1.29, 1.82) is 0 Å². The number of aromatic nitrogens is 1. The van der Waals surface area contributed by atoms with Gasteiger partial charge in [-0.05, 0) is 25.0 Å². The highest BCUT2D eigenvalue weighted by Gasteiger charge is 2.13. The van der Waals surface area contributed by atoms with E-state index in [-0.39, 0.29) is 5.69 Å². The maximum atomic E-state index is 10.8. The summed E-state index contributed by atoms with van der Waals surface area (Å²) in [7, 11) is 0. The topological polar surface area (TPSA) is 62.2 Å². The van der Waals surface area contributed by atoms with E-state index < -0.39 is 5.97 Å². The highest BCUT2D eigenvalue weighted by molar-refractivity contribution is 5.85. The molecule has 100 valence electrons. The molecule has 1 aromatic rings. The van der Waals surface area contributed by atoms with Gasteiger partial charge in [-0.15, -0.1) is 0 Å². The SMILES string of the molecule is CCC(CC)C(C)NCc1cccc(C(=O)O)n1. The van der Waals surface area contributed by atoms with Gasteiger partial charge in [0.2, 0.25) is 0 Å². The van der Waals surface area contributed by atoms with E-state index in [4.69, 9.17) is 5.11 Å². The van der Waals surface area contributed by atoms with Crippen LogP contribution >= 0.6 is 0 Å². The van der Waals surface area contributed by atoms with Crippen molar-refractivity contribution in [2.75, 3.05) is 0 Å². The second-order valence-electron chi connectivity index (χ2n) is 4.57. The van der Waals surface area contributed by atoms with Gasteiger partial charge >= 0.3 is 5.97 Å². The highest BCUT2D eigenvalue weighted by atomic mass is 16.4. The van der Waals surface area contributed by atoms with Crippen LogP contribution in [-0.4, -0.2) is 22.1 Å². The number of hydrogen-bond acceptors (Lipinski definition) is 3. The molecular weight excluding hydrogens is 228 g/mol. The van der Waals surface area contributed by atoms with Crippen LogP contribution in [0.15, 0.2) is 18.2 Å². The normalized spacial score (nSPS) is 12.7. The van der Waals surface area contributed by atoms with E-state index >= 15 is 0 Å². The van der Waals surface area contributed by atoms with E-state index in [2.05, 4.69) is 31.1 Å². The van der Waals surface area contributed by atoms with Crippen molar-refractivity contribution in [2.45, 2.75) is 46.2 Å². The lowest BCUT2D eigenvalue weighted by Gasteiger charge is -2.22. The summed E-state index contributed by atoms with van der Waals surface area (Å²) in [5.41, 5.74) is 0.872. The van der Waals surface area contributed by atoms with Crippen LogP contribution in [0.5, 0.6) is 0 Å². The number of pyridine rings is 1. The first kappa shape index (κ1) is 14.6. The highest BCUT2D eigenvalue weighted by Crippen LogP contribution is 2.13. The van der Waals surface area contributed by atoms with Crippen molar-refractivity contribution in [3.8, 4) is 0 Å². The standard InChI is InChI=1S/C14H22N2O2/c1-4-11(5-2)10(3)15-9-12-7-6-8-13(16-12)14(17)18/h6-8,10-11,15H,4-5,9H2,1-3H3,(H,17,18). The zero-order chi connectivity index (χ0) is 13.5. The van der Waals surface area contributed by atoms with Crippen LogP contribution in [0.4, 0.5) is 0 Å². The van der Waals surface area contributed by atoms with Crippen molar-refractivity contribution < 1.29 is 9.90 Å². The fraction of sp³-hybridized carbons (Fsp3) is 0.571. The van der Waals surface area contributed by atoms with Crippen LogP contribution in [0.2, 0.25) is 0 Å². The van der Waals surface area contributed by atoms with Crippen LogP contribution in [0.25, 0.3) is 0 Å². The zero-order valence-electron chi connectivity index (χ0n) is 11.3. The van der Waals surface area contributed by atoms with Crippen LogP contribution < -0.4 is 5.32 Å². The van der Waals surface area contributed by atoms with Gasteiger partial charge in [0.15, 0.2) is 0 Å². The average molecular weight is 250 g/mol. The minimum absolute atomic E-state index is 0.101. The molecule has 2 N–H and O–H groups in total.